The standard InChI is InChI=1S/C18H14N4S7.C18H14N4S6.C18H14N4S5.C10H10N2S3/c1-3-7-13(8-4-1)11-23-15-19-21-17(25-15)27-29-28-18-22-20-16(26-18)24-12-14-9-5-2-6-10-14;1-3-7-13(8-4-1)11-23-15-19-21-17(25-15)27-28-18-22-20-16(26-18)24-12-14-9-5-2-6-10-14;1-3-7-13(8-4-1)11-23-15-19-21-17(25-15)27-18-22-20-16(26-18)24-12-14-9-5-2-6-10-14;13-6-9-11-12-10(15-9)14-7-8-4-2-1-3-5-8/h1-10H,11-12H2;1-10H,11-12H2;1-10H,11-12H2;1-5,13H,6-7H2/p-1. The van der Waals surface area contributed by atoms with Crippen molar-refractivity contribution < 1.29 is 0 Å². The van der Waals surface area contributed by atoms with Crippen LogP contribution in [-0.2, 0) is 58.7 Å². The molecule has 0 N–H and O–H groups in total. The summed E-state index contributed by atoms with van der Waals surface area (Å²) in [6, 6.07) is 72.8. The van der Waals surface area contributed by atoms with Gasteiger partial charge in [0, 0.05) is 40.3 Å². The lowest BCUT2D eigenvalue weighted by Crippen LogP contribution is -1.78. The van der Waals surface area contributed by atoms with Gasteiger partial charge in [0.2, 0.25) is 0 Å². The van der Waals surface area contributed by atoms with Crippen LogP contribution in [0.1, 0.15) is 44.0 Å². The number of nitrogens with zero attached hydrogens (tertiary/aromatic N) is 14. The number of hydrogen-bond acceptors (Lipinski definition) is 35. The maximum atomic E-state index is 4.91. The normalized spacial score (nSPS) is 10.9. The molecule has 0 saturated heterocycles. The van der Waals surface area contributed by atoms with Gasteiger partial charge < -0.3 is 12.6 Å². The lowest BCUT2D eigenvalue weighted by Gasteiger charge is -1.97. The Morgan fingerprint density at radius 2 is 0.404 bits per heavy atom. The Bertz CT molecular complexity index is 4250. The van der Waals surface area contributed by atoms with Gasteiger partial charge in [-0.1, -0.05) is 374 Å². The van der Waals surface area contributed by atoms with Crippen molar-refractivity contribution in [1.82, 2.24) is 71.4 Å². The number of thioether (sulfide) groups is 7. The Hall–Kier alpha value is -3.64. The molecular formula is C64H51N14S21-. The molecule has 0 radical (unpaired) electrons. The summed E-state index contributed by atoms with van der Waals surface area (Å²) in [5.74, 6) is 6.94. The summed E-state index contributed by atoms with van der Waals surface area (Å²) in [7, 11) is 8.07. The van der Waals surface area contributed by atoms with Crippen LogP contribution in [0.25, 0.3) is 0 Å². The molecule has 0 spiro atoms. The Kier molecular flexibility index (Phi) is 34.2. The van der Waals surface area contributed by atoms with E-state index >= 15 is 0 Å². The van der Waals surface area contributed by atoms with Crippen molar-refractivity contribution in [2.24, 2.45) is 0 Å². The van der Waals surface area contributed by atoms with Gasteiger partial charge in [0.1, 0.15) is 0 Å². The maximum absolute atomic E-state index is 4.91. The Morgan fingerprint density at radius 1 is 0.212 bits per heavy atom. The van der Waals surface area contributed by atoms with Crippen LogP contribution in [0.2, 0.25) is 0 Å². The van der Waals surface area contributed by atoms with E-state index in [1.165, 1.54) is 50.7 Å². The Balaban J connectivity index is 0.000000136. The molecule has 7 aromatic heterocycles. The van der Waals surface area contributed by atoms with Crippen molar-refractivity contribution in [2.75, 3.05) is 0 Å². The average Bonchev–Trinajstić information content (AvgIpc) is 1.91. The summed E-state index contributed by atoms with van der Waals surface area (Å²) in [5, 5.41) is 60.2. The number of hydrogen-bond donors (Lipinski definition) is 0. The first kappa shape index (κ1) is 76.5. The van der Waals surface area contributed by atoms with Crippen LogP contribution in [0.3, 0.4) is 0 Å². The lowest BCUT2D eigenvalue weighted by molar-refractivity contribution is 0.939. The molecule has 0 unspecified atom stereocenters. The van der Waals surface area contributed by atoms with Crippen LogP contribution in [-0.4, -0.2) is 71.4 Å². The molecular weight excluding hydrogens is 1640 g/mol. The molecule has 7 aromatic carbocycles. The minimum atomic E-state index is 0.559. The highest BCUT2D eigenvalue weighted by molar-refractivity contribution is 9.09. The van der Waals surface area contributed by atoms with Gasteiger partial charge in [-0.15, -0.1) is 77.1 Å². The Labute approximate surface area is 660 Å². The van der Waals surface area contributed by atoms with Gasteiger partial charge in [0.05, 0.1) is 5.01 Å². The highest BCUT2D eigenvalue weighted by Crippen LogP contribution is 2.48. The number of benzene rings is 7. The zero-order valence-corrected chi connectivity index (χ0v) is 68.3. The lowest BCUT2D eigenvalue weighted by atomic mass is 10.2. The van der Waals surface area contributed by atoms with Gasteiger partial charge in [0.25, 0.3) is 0 Å². The van der Waals surface area contributed by atoms with Crippen LogP contribution in [0.5, 0.6) is 0 Å². The minimum absolute atomic E-state index is 0.559. The van der Waals surface area contributed by atoms with Crippen LogP contribution in [0, 0.1) is 0 Å². The molecule has 0 aliphatic rings. The fourth-order valence-corrected chi connectivity index (χ4v) is 29.3. The van der Waals surface area contributed by atoms with E-state index in [1.54, 1.807) is 215 Å². The second-order valence-electron chi connectivity index (χ2n) is 19.0. The summed E-state index contributed by atoms with van der Waals surface area (Å²) in [4.78, 5) is 0. The van der Waals surface area contributed by atoms with Crippen molar-refractivity contribution in [3.8, 4) is 0 Å². The van der Waals surface area contributed by atoms with E-state index in [9.17, 15) is 0 Å². The van der Waals surface area contributed by atoms with Crippen LogP contribution < -0.4 is 0 Å². The summed E-state index contributed by atoms with van der Waals surface area (Å²) in [5.41, 5.74) is 9.05. The molecule has 14 aromatic rings. The van der Waals surface area contributed by atoms with Crippen molar-refractivity contribution in [3.63, 3.8) is 0 Å². The topological polar surface area (TPSA) is 180 Å². The first-order valence-corrected chi connectivity index (χ1v) is 48.7. The number of aromatic nitrogens is 14. The summed E-state index contributed by atoms with van der Waals surface area (Å²) >= 11 is 29.8. The van der Waals surface area contributed by atoms with Crippen LogP contribution in [0.4, 0.5) is 0 Å². The van der Waals surface area contributed by atoms with Crippen LogP contribution in [0.15, 0.2) is 269 Å². The second-order valence-corrected chi connectivity index (χ2v) is 43.3. The molecule has 504 valence electrons. The molecule has 35 heteroatoms. The molecule has 14 nitrogen and oxygen atoms in total. The molecule has 14 rings (SSSR count). The molecule has 0 aliphatic heterocycles. The van der Waals surface area contributed by atoms with Gasteiger partial charge >= 0.3 is 0 Å². The third-order valence-corrected chi connectivity index (χ3v) is 35.7. The van der Waals surface area contributed by atoms with Crippen molar-refractivity contribution >= 4 is 239 Å². The zero-order valence-electron chi connectivity index (χ0n) is 51.2. The van der Waals surface area contributed by atoms with Gasteiger partial charge in [-0.2, -0.15) is 0 Å². The van der Waals surface area contributed by atoms with E-state index in [2.05, 4.69) is 229 Å². The van der Waals surface area contributed by atoms with E-state index in [0.717, 1.165) is 102 Å². The molecule has 0 saturated carbocycles. The Morgan fingerprint density at radius 3 is 0.636 bits per heavy atom. The highest BCUT2D eigenvalue weighted by atomic mass is 33.5. The quantitative estimate of drug-likeness (QED) is 0.0227. The molecule has 0 aliphatic carbocycles. The minimum Gasteiger partial charge on any atom is -0.786 e. The van der Waals surface area contributed by atoms with Gasteiger partial charge in [-0.25, -0.2) is 0 Å². The molecule has 0 bridgehead atoms. The second kappa shape index (κ2) is 44.2. The van der Waals surface area contributed by atoms with Gasteiger partial charge in [-0.3, -0.25) is 0 Å². The van der Waals surface area contributed by atoms with Gasteiger partial charge in [0.15, 0.2) is 56.4 Å². The van der Waals surface area contributed by atoms with E-state index in [1.807, 2.05) is 54.6 Å². The highest BCUT2D eigenvalue weighted by Gasteiger charge is 2.15. The monoisotopic (exact) mass is 1690 g/mol. The average molecular weight is 1690 g/mol. The van der Waals surface area contributed by atoms with Crippen molar-refractivity contribution in [3.05, 3.63) is 256 Å². The smallest absolute Gasteiger partial charge is 0.186 e. The maximum Gasteiger partial charge on any atom is 0.186 e. The fraction of sp³-hybridized carbons (Fsp3) is 0.125. The first-order chi connectivity index (χ1) is 48.9. The largest absolute Gasteiger partial charge is 0.786 e. The van der Waals surface area contributed by atoms with E-state index in [4.69, 9.17) is 12.6 Å². The van der Waals surface area contributed by atoms with E-state index in [-0.39, 0.29) is 0 Å². The number of rotatable bonds is 31. The van der Waals surface area contributed by atoms with Crippen molar-refractivity contribution in [1.29, 1.82) is 0 Å². The van der Waals surface area contributed by atoms with E-state index < -0.39 is 0 Å². The van der Waals surface area contributed by atoms with E-state index in [0.29, 0.717) is 5.75 Å². The molecule has 0 atom stereocenters. The molecule has 7 heterocycles. The van der Waals surface area contributed by atoms with Crippen LogP contribution >= 0.6 is 226 Å². The summed E-state index contributed by atoms with van der Waals surface area (Å²) in [6.07, 6.45) is 0. The molecule has 99 heavy (non-hydrogen) atoms. The molecule has 0 amide bonds. The predicted octanol–water partition coefficient (Wildman–Crippen LogP) is 23.2. The first-order valence-electron chi connectivity index (χ1n) is 29.1. The fourth-order valence-electron chi connectivity index (χ4n) is 7.36. The summed E-state index contributed by atoms with van der Waals surface area (Å²) < 4.78 is 12.5. The summed E-state index contributed by atoms with van der Waals surface area (Å²) in [6.45, 7) is 0. The third-order valence-electron chi connectivity index (χ3n) is 11.9. The molecule has 0 fully saturated rings. The van der Waals surface area contributed by atoms with Crippen molar-refractivity contribution in [2.45, 2.75) is 102 Å². The zero-order chi connectivity index (χ0) is 67.6. The third kappa shape index (κ3) is 28.7. The van der Waals surface area contributed by atoms with Gasteiger partial charge in [-0.05, 0) is 104 Å². The SMILES string of the molecule is [S-]Cc1nnc(SCc2ccccc2)s1.c1ccc(CSc2nnc(SSSc3nnc(SCc4ccccc4)s3)s2)cc1.c1ccc(CSc2nnc(SSc3nnc(SCc4ccccc4)s3)s2)cc1.c1ccc(CSc2nnc(Sc3nnc(SCc4ccccc4)s3)s2)cc1. The predicted molar refractivity (Wildman–Crippen MR) is 438 cm³/mol.